The van der Waals surface area contributed by atoms with E-state index in [4.69, 9.17) is 4.52 Å². The van der Waals surface area contributed by atoms with Crippen molar-refractivity contribution in [2.45, 2.75) is 12.1 Å². The first-order valence-electron chi connectivity index (χ1n) is 8.69. The molecular weight excluding hydrogens is 389 g/mol. The number of benzene rings is 1. The highest BCUT2D eigenvalue weighted by atomic mass is 19.4. The molecule has 1 N–H and O–H groups in total. The molecule has 4 rings (SSSR count). The number of amides is 1. The highest BCUT2D eigenvalue weighted by molar-refractivity contribution is 5.93. The number of halogens is 3. The van der Waals surface area contributed by atoms with Crippen LogP contribution in [0.5, 0.6) is 0 Å². The minimum atomic E-state index is -4.54. The number of nitrogens with one attached hydrogen (secondary N) is 1. The van der Waals surface area contributed by atoms with Gasteiger partial charge < -0.3 is 9.84 Å². The average Bonchev–Trinajstić information content (AvgIpc) is 3.14. The molecule has 1 saturated heterocycles. The van der Waals surface area contributed by atoms with E-state index in [2.05, 4.69) is 25.4 Å². The number of para-hydroxylation sites is 1. The van der Waals surface area contributed by atoms with E-state index >= 15 is 0 Å². The van der Waals surface area contributed by atoms with Gasteiger partial charge in [-0.15, -0.1) is 0 Å². The van der Waals surface area contributed by atoms with Gasteiger partial charge in [-0.3, -0.25) is 9.69 Å². The standard InChI is InChI=1S/C18H15F3N6O2/c19-18(20,21)12-4-1-2-5-13(12)24-14(28)10-27-8-11(9-27)17-25-16(26-29-17)15-22-6-3-7-23-15/h1-7,11H,8-10H2,(H,24,28). The summed E-state index contributed by atoms with van der Waals surface area (Å²) < 4.78 is 44.3. The van der Waals surface area contributed by atoms with Crippen LogP contribution in [-0.2, 0) is 11.0 Å². The third-order valence-electron chi connectivity index (χ3n) is 4.39. The average molecular weight is 404 g/mol. The van der Waals surface area contributed by atoms with Gasteiger partial charge in [0.1, 0.15) is 0 Å². The molecule has 150 valence electrons. The van der Waals surface area contributed by atoms with E-state index in [9.17, 15) is 18.0 Å². The van der Waals surface area contributed by atoms with Gasteiger partial charge in [0.25, 0.3) is 0 Å². The monoisotopic (exact) mass is 404 g/mol. The number of aromatic nitrogens is 4. The minimum Gasteiger partial charge on any atom is -0.338 e. The van der Waals surface area contributed by atoms with Gasteiger partial charge in [-0.2, -0.15) is 18.2 Å². The number of alkyl halides is 3. The van der Waals surface area contributed by atoms with Crippen LogP contribution in [0.2, 0.25) is 0 Å². The van der Waals surface area contributed by atoms with E-state index in [1.54, 1.807) is 23.4 Å². The van der Waals surface area contributed by atoms with Gasteiger partial charge in [-0.1, -0.05) is 17.3 Å². The Labute approximate surface area is 162 Å². The lowest BCUT2D eigenvalue weighted by molar-refractivity contribution is -0.137. The lowest BCUT2D eigenvalue weighted by Crippen LogP contribution is -2.48. The number of rotatable bonds is 5. The maximum absolute atomic E-state index is 13.0. The third-order valence-corrected chi connectivity index (χ3v) is 4.39. The Bertz CT molecular complexity index is 1000. The molecule has 0 unspecified atom stereocenters. The first kappa shape index (κ1) is 19.0. The topological polar surface area (TPSA) is 97.0 Å². The molecule has 1 fully saturated rings. The summed E-state index contributed by atoms with van der Waals surface area (Å²) in [5, 5.41) is 6.18. The molecule has 11 heteroatoms. The van der Waals surface area contributed by atoms with Crippen LogP contribution in [0.3, 0.4) is 0 Å². The number of carbonyl (C=O) groups is 1. The number of hydrogen-bond acceptors (Lipinski definition) is 7. The number of carbonyl (C=O) groups excluding carboxylic acids is 1. The predicted octanol–water partition coefficient (Wildman–Crippen LogP) is 2.58. The summed E-state index contributed by atoms with van der Waals surface area (Å²) in [6, 6.07) is 6.54. The minimum absolute atomic E-state index is 0.0362. The van der Waals surface area contributed by atoms with Gasteiger partial charge in [0.15, 0.2) is 0 Å². The fraction of sp³-hybridized carbons (Fsp3) is 0.278. The fourth-order valence-electron chi connectivity index (χ4n) is 2.99. The molecular formula is C18H15F3N6O2. The fourth-order valence-corrected chi connectivity index (χ4v) is 2.99. The van der Waals surface area contributed by atoms with Crippen LogP contribution in [0.1, 0.15) is 17.4 Å². The summed E-state index contributed by atoms with van der Waals surface area (Å²) in [5.41, 5.74) is -1.14. The third kappa shape index (κ3) is 4.24. The molecule has 0 atom stereocenters. The molecule has 8 nitrogen and oxygen atoms in total. The van der Waals surface area contributed by atoms with Crippen LogP contribution in [0.25, 0.3) is 11.6 Å². The molecule has 0 spiro atoms. The van der Waals surface area contributed by atoms with Crippen molar-refractivity contribution in [3.05, 3.63) is 54.2 Å². The van der Waals surface area contributed by atoms with E-state index in [0.29, 0.717) is 24.8 Å². The van der Waals surface area contributed by atoms with Crippen molar-refractivity contribution in [1.82, 2.24) is 25.0 Å². The molecule has 1 aliphatic heterocycles. The Morgan fingerprint density at radius 2 is 1.86 bits per heavy atom. The molecule has 3 aromatic rings. The number of hydrogen-bond donors (Lipinski definition) is 1. The number of likely N-dealkylation sites (tertiary alicyclic amines) is 1. The number of anilines is 1. The van der Waals surface area contributed by atoms with Crippen molar-refractivity contribution in [3.63, 3.8) is 0 Å². The molecule has 3 heterocycles. The zero-order chi connectivity index (χ0) is 20.4. The lowest BCUT2D eigenvalue weighted by atomic mass is 10.0. The second-order valence-electron chi connectivity index (χ2n) is 6.51. The van der Waals surface area contributed by atoms with Gasteiger partial charge in [0, 0.05) is 25.5 Å². The van der Waals surface area contributed by atoms with Gasteiger partial charge in [-0.25, -0.2) is 9.97 Å². The predicted molar refractivity (Wildman–Crippen MR) is 94.6 cm³/mol. The van der Waals surface area contributed by atoms with Crippen LogP contribution < -0.4 is 5.32 Å². The number of nitrogens with zero attached hydrogens (tertiary/aromatic N) is 5. The quantitative estimate of drug-likeness (QED) is 0.698. The Hall–Kier alpha value is -3.34. The molecule has 2 aromatic heterocycles. The second-order valence-corrected chi connectivity index (χ2v) is 6.51. The van der Waals surface area contributed by atoms with E-state index in [0.717, 1.165) is 6.07 Å². The van der Waals surface area contributed by atoms with Crippen molar-refractivity contribution in [1.29, 1.82) is 0 Å². The molecule has 1 aromatic carbocycles. The van der Waals surface area contributed by atoms with Crippen molar-refractivity contribution in [2.24, 2.45) is 0 Å². The van der Waals surface area contributed by atoms with E-state index in [1.165, 1.54) is 18.2 Å². The van der Waals surface area contributed by atoms with Crippen LogP contribution in [-0.4, -0.2) is 50.5 Å². The normalized spacial score (nSPS) is 15.1. The highest BCUT2D eigenvalue weighted by Crippen LogP contribution is 2.34. The van der Waals surface area contributed by atoms with Crippen LogP contribution >= 0.6 is 0 Å². The van der Waals surface area contributed by atoms with Crippen molar-refractivity contribution in [3.8, 4) is 11.6 Å². The van der Waals surface area contributed by atoms with E-state index in [-0.39, 0.29) is 24.0 Å². The van der Waals surface area contributed by atoms with Crippen LogP contribution in [0.15, 0.2) is 47.2 Å². The van der Waals surface area contributed by atoms with Crippen molar-refractivity contribution < 1.29 is 22.5 Å². The zero-order valence-corrected chi connectivity index (χ0v) is 14.9. The summed E-state index contributed by atoms with van der Waals surface area (Å²) in [4.78, 5) is 26.3. The summed E-state index contributed by atoms with van der Waals surface area (Å²) in [6.07, 6.45) is -1.40. The van der Waals surface area contributed by atoms with Gasteiger partial charge in [-0.05, 0) is 18.2 Å². The molecule has 1 amide bonds. The maximum atomic E-state index is 13.0. The first-order valence-corrected chi connectivity index (χ1v) is 8.69. The molecule has 1 aliphatic rings. The largest absolute Gasteiger partial charge is 0.418 e. The van der Waals surface area contributed by atoms with Gasteiger partial charge >= 0.3 is 6.18 Å². The first-order chi connectivity index (χ1) is 13.9. The summed E-state index contributed by atoms with van der Waals surface area (Å²) >= 11 is 0. The smallest absolute Gasteiger partial charge is 0.338 e. The molecule has 0 radical (unpaired) electrons. The maximum Gasteiger partial charge on any atom is 0.418 e. The molecule has 0 saturated carbocycles. The van der Waals surface area contributed by atoms with Gasteiger partial charge in [0.2, 0.25) is 23.4 Å². The Morgan fingerprint density at radius 3 is 2.59 bits per heavy atom. The SMILES string of the molecule is O=C(CN1CC(c2nc(-c3ncccn3)no2)C1)Nc1ccccc1C(F)(F)F. The van der Waals surface area contributed by atoms with Gasteiger partial charge in [0.05, 0.1) is 23.7 Å². The van der Waals surface area contributed by atoms with Crippen molar-refractivity contribution >= 4 is 11.6 Å². The highest BCUT2D eigenvalue weighted by Gasteiger charge is 2.35. The Kier molecular flexibility index (Phi) is 4.97. The Morgan fingerprint density at radius 1 is 1.14 bits per heavy atom. The van der Waals surface area contributed by atoms with E-state index < -0.39 is 17.6 Å². The van der Waals surface area contributed by atoms with Crippen LogP contribution in [0, 0.1) is 0 Å². The van der Waals surface area contributed by atoms with E-state index in [1.807, 2.05) is 0 Å². The lowest BCUT2D eigenvalue weighted by Gasteiger charge is -2.36. The van der Waals surface area contributed by atoms with Crippen LogP contribution in [0.4, 0.5) is 18.9 Å². The Balaban J connectivity index is 1.32. The molecule has 29 heavy (non-hydrogen) atoms. The summed E-state index contributed by atoms with van der Waals surface area (Å²) in [6.45, 7) is 0.919. The summed E-state index contributed by atoms with van der Waals surface area (Å²) in [5.74, 6) is 0.452. The molecule has 0 aliphatic carbocycles. The molecule has 0 bridgehead atoms. The second kappa shape index (κ2) is 7.59. The zero-order valence-electron chi connectivity index (χ0n) is 14.9. The summed E-state index contributed by atoms with van der Waals surface area (Å²) in [7, 11) is 0. The van der Waals surface area contributed by atoms with Crippen molar-refractivity contribution in [2.75, 3.05) is 25.0 Å².